The standard InChI is InChI=1S/C16H16FN5O2S/c1-9-14(15(23)18-8-12-20-21-16(24)22(12)2)25-13(19-9)7-10-3-5-11(17)6-4-10/h3-6H,7-8H2,1-2H3,(H,18,23)(H,21,24). The fourth-order valence-electron chi connectivity index (χ4n) is 2.29. The summed E-state index contributed by atoms with van der Waals surface area (Å²) < 4.78 is 14.3. The first-order valence-electron chi connectivity index (χ1n) is 7.53. The van der Waals surface area contributed by atoms with E-state index in [2.05, 4.69) is 20.5 Å². The lowest BCUT2D eigenvalue weighted by Gasteiger charge is -2.02. The van der Waals surface area contributed by atoms with Gasteiger partial charge in [0, 0.05) is 13.5 Å². The topological polar surface area (TPSA) is 92.7 Å². The number of H-pyrrole nitrogens is 1. The third-order valence-corrected chi connectivity index (χ3v) is 4.85. The van der Waals surface area contributed by atoms with Crippen LogP contribution in [-0.2, 0) is 20.0 Å². The predicted octanol–water partition coefficient (Wildman–Crippen LogP) is 1.53. The summed E-state index contributed by atoms with van der Waals surface area (Å²) in [5, 5.41) is 9.67. The molecule has 1 aromatic carbocycles. The molecule has 0 saturated heterocycles. The molecule has 0 spiro atoms. The molecule has 25 heavy (non-hydrogen) atoms. The number of hydrogen-bond acceptors (Lipinski definition) is 5. The fourth-order valence-corrected chi connectivity index (χ4v) is 3.31. The number of hydrogen-bond donors (Lipinski definition) is 2. The van der Waals surface area contributed by atoms with Crippen molar-refractivity contribution >= 4 is 17.2 Å². The number of aromatic nitrogens is 4. The normalized spacial score (nSPS) is 10.8. The average Bonchev–Trinajstić information content (AvgIpc) is 3.11. The van der Waals surface area contributed by atoms with Crippen LogP contribution in [0.4, 0.5) is 4.39 Å². The summed E-state index contributed by atoms with van der Waals surface area (Å²) in [6.07, 6.45) is 0.535. The van der Waals surface area contributed by atoms with Crippen molar-refractivity contribution in [1.29, 1.82) is 0 Å². The van der Waals surface area contributed by atoms with E-state index in [-0.39, 0.29) is 24.0 Å². The van der Waals surface area contributed by atoms with Gasteiger partial charge >= 0.3 is 5.69 Å². The van der Waals surface area contributed by atoms with E-state index in [0.717, 1.165) is 10.6 Å². The van der Waals surface area contributed by atoms with Crippen molar-refractivity contribution in [2.75, 3.05) is 0 Å². The average molecular weight is 361 g/mol. The Balaban J connectivity index is 1.68. The van der Waals surface area contributed by atoms with Gasteiger partial charge in [0.05, 0.1) is 17.2 Å². The minimum Gasteiger partial charge on any atom is -0.344 e. The molecule has 0 bridgehead atoms. The number of rotatable bonds is 5. The van der Waals surface area contributed by atoms with Crippen molar-refractivity contribution in [3.63, 3.8) is 0 Å². The number of benzene rings is 1. The summed E-state index contributed by atoms with van der Waals surface area (Å²) in [4.78, 5) is 28.6. The Morgan fingerprint density at radius 2 is 2.08 bits per heavy atom. The first-order chi connectivity index (χ1) is 11.9. The van der Waals surface area contributed by atoms with Gasteiger partial charge in [-0.15, -0.1) is 11.3 Å². The Hall–Kier alpha value is -2.81. The summed E-state index contributed by atoms with van der Waals surface area (Å²) in [5.41, 5.74) is 1.23. The van der Waals surface area contributed by atoms with Gasteiger partial charge in [0.2, 0.25) is 0 Å². The highest BCUT2D eigenvalue weighted by Gasteiger charge is 2.16. The highest BCUT2D eigenvalue weighted by Crippen LogP contribution is 2.21. The van der Waals surface area contributed by atoms with Crippen LogP contribution < -0.4 is 11.0 Å². The number of carbonyl (C=O) groups excluding carboxylic acids is 1. The molecule has 0 radical (unpaired) electrons. The second kappa shape index (κ2) is 6.98. The molecule has 0 aliphatic heterocycles. The molecule has 0 saturated carbocycles. The zero-order valence-electron chi connectivity index (χ0n) is 13.7. The van der Waals surface area contributed by atoms with Crippen LogP contribution in [-0.4, -0.2) is 25.7 Å². The zero-order valence-corrected chi connectivity index (χ0v) is 14.5. The number of thiazole rings is 1. The number of nitrogens with one attached hydrogen (secondary N) is 2. The van der Waals surface area contributed by atoms with E-state index in [1.165, 1.54) is 28.0 Å². The molecule has 130 valence electrons. The molecule has 2 aromatic heterocycles. The first kappa shape index (κ1) is 17.0. The largest absolute Gasteiger partial charge is 0.344 e. The Labute approximate surface area is 146 Å². The Kier molecular flexibility index (Phi) is 4.75. The van der Waals surface area contributed by atoms with Crippen molar-refractivity contribution in [2.24, 2.45) is 7.05 Å². The van der Waals surface area contributed by atoms with Crippen molar-refractivity contribution in [2.45, 2.75) is 19.9 Å². The Morgan fingerprint density at radius 3 is 2.72 bits per heavy atom. The van der Waals surface area contributed by atoms with Gasteiger partial charge in [-0.3, -0.25) is 9.36 Å². The number of amides is 1. The van der Waals surface area contributed by atoms with Crippen LogP contribution in [0.2, 0.25) is 0 Å². The van der Waals surface area contributed by atoms with Crippen LogP contribution in [0.1, 0.15) is 31.8 Å². The van der Waals surface area contributed by atoms with Gasteiger partial charge in [0.1, 0.15) is 10.7 Å². The van der Waals surface area contributed by atoms with Crippen LogP contribution >= 0.6 is 11.3 Å². The summed E-state index contributed by atoms with van der Waals surface area (Å²) in [6, 6.07) is 6.20. The van der Waals surface area contributed by atoms with Gasteiger partial charge in [-0.25, -0.2) is 19.3 Å². The highest BCUT2D eigenvalue weighted by atomic mass is 32.1. The minimum absolute atomic E-state index is 0.138. The van der Waals surface area contributed by atoms with Gasteiger partial charge in [0.25, 0.3) is 5.91 Å². The smallest absolute Gasteiger partial charge is 0.343 e. The summed E-state index contributed by atoms with van der Waals surface area (Å²) in [7, 11) is 1.58. The molecular formula is C16H16FN5O2S. The Morgan fingerprint density at radius 1 is 1.36 bits per heavy atom. The monoisotopic (exact) mass is 361 g/mol. The number of aryl methyl sites for hydroxylation is 1. The van der Waals surface area contributed by atoms with Crippen LogP contribution in [0, 0.1) is 12.7 Å². The van der Waals surface area contributed by atoms with E-state index in [0.29, 0.717) is 22.8 Å². The van der Waals surface area contributed by atoms with Crippen LogP contribution in [0.5, 0.6) is 0 Å². The molecule has 3 rings (SSSR count). The van der Waals surface area contributed by atoms with Crippen LogP contribution in [0.15, 0.2) is 29.1 Å². The van der Waals surface area contributed by atoms with Gasteiger partial charge < -0.3 is 5.32 Å². The maximum absolute atomic E-state index is 13.0. The molecule has 0 atom stereocenters. The van der Waals surface area contributed by atoms with E-state index in [4.69, 9.17) is 0 Å². The van der Waals surface area contributed by atoms with Crippen molar-refractivity contribution in [3.8, 4) is 0 Å². The van der Waals surface area contributed by atoms with Crippen molar-refractivity contribution < 1.29 is 9.18 Å². The van der Waals surface area contributed by atoms with Crippen LogP contribution in [0.3, 0.4) is 0 Å². The highest BCUT2D eigenvalue weighted by molar-refractivity contribution is 7.13. The minimum atomic E-state index is -0.334. The zero-order chi connectivity index (χ0) is 18.0. The van der Waals surface area contributed by atoms with Gasteiger partial charge in [-0.1, -0.05) is 12.1 Å². The number of aromatic amines is 1. The maximum atomic E-state index is 13.0. The lowest BCUT2D eigenvalue weighted by molar-refractivity contribution is 0.0953. The molecule has 0 fully saturated rings. The second-order valence-electron chi connectivity index (χ2n) is 5.51. The van der Waals surface area contributed by atoms with E-state index in [9.17, 15) is 14.0 Å². The first-order valence-corrected chi connectivity index (χ1v) is 8.35. The molecule has 1 amide bonds. The van der Waals surface area contributed by atoms with Crippen molar-refractivity contribution in [3.05, 3.63) is 67.5 Å². The molecule has 7 nitrogen and oxygen atoms in total. The molecule has 2 heterocycles. The van der Waals surface area contributed by atoms with E-state index in [1.807, 2.05) is 0 Å². The summed E-state index contributed by atoms with van der Waals surface area (Å²) in [5.74, 6) is -0.116. The molecule has 3 aromatic rings. The number of halogens is 1. The maximum Gasteiger partial charge on any atom is 0.343 e. The lowest BCUT2D eigenvalue weighted by Crippen LogP contribution is -2.25. The molecule has 0 aliphatic carbocycles. The number of nitrogens with zero attached hydrogens (tertiary/aromatic N) is 3. The molecule has 9 heteroatoms. The quantitative estimate of drug-likeness (QED) is 0.721. The van der Waals surface area contributed by atoms with Gasteiger partial charge in [-0.2, -0.15) is 5.10 Å². The van der Waals surface area contributed by atoms with E-state index in [1.54, 1.807) is 26.1 Å². The summed E-state index contributed by atoms with van der Waals surface area (Å²) in [6.45, 7) is 1.91. The van der Waals surface area contributed by atoms with E-state index >= 15 is 0 Å². The van der Waals surface area contributed by atoms with Crippen molar-refractivity contribution in [1.82, 2.24) is 25.1 Å². The number of carbonyl (C=O) groups is 1. The SMILES string of the molecule is Cc1nc(Cc2ccc(F)cc2)sc1C(=O)NCc1n[nH]c(=O)n1C. The molecular weight excluding hydrogens is 345 g/mol. The fraction of sp³-hybridized carbons (Fsp3) is 0.250. The predicted molar refractivity (Wildman–Crippen MR) is 91.1 cm³/mol. The lowest BCUT2D eigenvalue weighted by atomic mass is 10.1. The third-order valence-electron chi connectivity index (χ3n) is 3.70. The molecule has 2 N–H and O–H groups in total. The molecule has 0 unspecified atom stereocenters. The van der Waals surface area contributed by atoms with E-state index < -0.39 is 0 Å². The Bertz CT molecular complexity index is 958. The van der Waals surface area contributed by atoms with Crippen LogP contribution in [0.25, 0.3) is 0 Å². The van der Waals surface area contributed by atoms with Gasteiger partial charge in [0.15, 0.2) is 5.82 Å². The third kappa shape index (κ3) is 3.82. The second-order valence-corrected chi connectivity index (χ2v) is 6.60. The summed E-state index contributed by atoms with van der Waals surface area (Å²) >= 11 is 1.30. The molecule has 0 aliphatic rings. The van der Waals surface area contributed by atoms with Gasteiger partial charge in [-0.05, 0) is 24.6 Å².